The maximum absolute atomic E-state index is 12.1. The molecule has 2 N–H and O–H groups in total. The van der Waals surface area contributed by atoms with Gasteiger partial charge in [-0.25, -0.2) is 0 Å². The molecule has 3 rings (SSSR count). The Hall–Kier alpha value is -1.79. The van der Waals surface area contributed by atoms with Gasteiger partial charge in [0.15, 0.2) is 0 Å². The minimum absolute atomic E-state index is 0.196. The molecule has 2 aliphatic rings. The molecular weight excluding hydrogens is 270 g/mol. The lowest BCUT2D eigenvalue weighted by Gasteiger charge is -2.26. The van der Waals surface area contributed by atoms with Crippen molar-refractivity contribution < 1.29 is 14.3 Å². The molecule has 1 aliphatic heterocycles. The Bertz CT molecular complexity index is 518. The maximum atomic E-state index is 12.1. The summed E-state index contributed by atoms with van der Waals surface area (Å²) in [6.45, 7) is 0.660. The van der Waals surface area contributed by atoms with E-state index in [1.54, 1.807) is 6.07 Å². The molecule has 0 unspecified atom stereocenters. The molecule has 1 aromatic heterocycles. The van der Waals surface area contributed by atoms with Crippen LogP contribution in [0.15, 0.2) is 18.5 Å². The second-order valence-corrected chi connectivity index (χ2v) is 5.59. The average Bonchev–Trinajstić information content (AvgIpc) is 2.75. The Kier molecular flexibility index (Phi) is 3.98. The highest BCUT2D eigenvalue weighted by molar-refractivity contribution is 6.21. The Morgan fingerprint density at radius 3 is 2.62 bits per heavy atom. The van der Waals surface area contributed by atoms with Gasteiger partial charge in [0.2, 0.25) is 0 Å². The average molecular weight is 289 g/mol. The molecule has 1 saturated carbocycles. The van der Waals surface area contributed by atoms with Crippen LogP contribution in [-0.2, 0) is 4.74 Å². The molecule has 0 radical (unpaired) electrons. The van der Waals surface area contributed by atoms with Gasteiger partial charge in [-0.3, -0.25) is 19.5 Å². The first-order valence-corrected chi connectivity index (χ1v) is 7.34. The van der Waals surface area contributed by atoms with Gasteiger partial charge in [-0.05, 0) is 31.7 Å². The van der Waals surface area contributed by atoms with E-state index in [2.05, 4.69) is 4.98 Å². The van der Waals surface area contributed by atoms with Crippen molar-refractivity contribution in [2.45, 2.75) is 37.8 Å². The van der Waals surface area contributed by atoms with Gasteiger partial charge in [0.05, 0.1) is 30.4 Å². The van der Waals surface area contributed by atoms with Crippen molar-refractivity contribution in [3.63, 3.8) is 0 Å². The topological polar surface area (TPSA) is 85.5 Å². The first-order valence-electron chi connectivity index (χ1n) is 7.34. The number of pyridine rings is 1. The predicted octanol–water partition coefficient (Wildman–Crippen LogP) is 0.964. The van der Waals surface area contributed by atoms with E-state index in [0.717, 1.165) is 25.7 Å². The number of fused-ring (bicyclic) bond motifs is 1. The lowest BCUT2D eigenvalue weighted by Crippen LogP contribution is -2.35. The van der Waals surface area contributed by atoms with Crippen molar-refractivity contribution in [1.82, 2.24) is 9.88 Å². The summed E-state index contributed by atoms with van der Waals surface area (Å²) >= 11 is 0. The molecule has 21 heavy (non-hydrogen) atoms. The van der Waals surface area contributed by atoms with Gasteiger partial charge in [-0.1, -0.05) is 0 Å². The van der Waals surface area contributed by atoms with Gasteiger partial charge >= 0.3 is 0 Å². The molecule has 1 aliphatic carbocycles. The fraction of sp³-hybridized carbons (Fsp3) is 0.533. The van der Waals surface area contributed by atoms with Crippen LogP contribution in [0, 0.1) is 0 Å². The van der Waals surface area contributed by atoms with Crippen LogP contribution in [0.3, 0.4) is 0 Å². The number of imide groups is 1. The van der Waals surface area contributed by atoms with E-state index in [0.29, 0.717) is 17.7 Å². The summed E-state index contributed by atoms with van der Waals surface area (Å²) in [4.78, 5) is 29.4. The summed E-state index contributed by atoms with van der Waals surface area (Å²) in [7, 11) is 0. The molecule has 2 heterocycles. The summed E-state index contributed by atoms with van der Waals surface area (Å²) in [5.74, 6) is -0.538. The number of carbonyl (C=O) groups is 2. The van der Waals surface area contributed by atoms with E-state index >= 15 is 0 Å². The second kappa shape index (κ2) is 5.91. The second-order valence-electron chi connectivity index (χ2n) is 5.59. The molecule has 0 spiro atoms. The van der Waals surface area contributed by atoms with Gasteiger partial charge in [0.1, 0.15) is 0 Å². The Morgan fingerprint density at radius 2 is 1.90 bits per heavy atom. The normalized spacial score (nSPS) is 25.3. The van der Waals surface area contributed by atoms with E-state index in [1.165, 1.54) is 17.3 Å². The number of ether oxygens (including phenoxy) is 1. The minimum Gasteiger partial charge on any atom is -0.376 e. The monoisotopic (exact) mass is 289 g/mol. The molecule has 6 nitrogen and oxygen atoms in total. The molecule has 0 saturated heterocycles. The lowest BCUT2D eigenvalue weighted by molar-refractivity contribution is 0.0144. The smallest absolute Gasteiger partial charge is 0.263 e. The molecule has 1 fully saturated rings. The molecular formula is C15H19N3O3. The highest BCUT2D eigenvalue weighted by Crippen LogP contribution is 2.22. The zero-order chi connectivity index (χ0) is 14.8. The van der Waals surface area contributed by atoms with E-state index in [-0.39, 0.29) is 30.5 Å². The molecule has 0 bridgehead atoms. The summed E-state index contributed by atoms with van der Waals surface area (Å²) in [6.07, 6.45) is 7.02. The fourth-order valence-corrected chi connectivity index (χ4v) is 2.90. The van der Waals surface area contributed by atoms with E-state index in [9.17, 15) is 9.59 Å². The number of carbonyl (C=O) groups excluding carboxylic acids is 2. The quantitative estimate of drug-likeness (QED) is 0.835. The van der Waals surface area contributed by atoms with Gasteiger partial charge in [-0.2, -0.15) is 0 Å². The van der Waals surface area contributed by atoms with Crippen LogP contribution in [0.5, 0.6) is 0 Å². The van der Waals surface area contributed by atoms with Crippen LogP contribution in [0.1, 0.15) is 46.4 Å². The van der Waals surface area contributed by atoms with Crippen LogP contribution in [0.4, 0.5) is 0 Å². The number of aromatic nitrogens is 1. The number of nitrogens with zero attached hydrogens (tertiary/aromatic N) is 2. The minimum atomic E-state index is -0.280. The van der Waals surface area contributed by atoms with Crippen molar-refractivity contribution in [2.75, 3.05) is 13.2 Å². The van der Waals surface area contributed by atoms with Crippen molar-refractivity contribution in [3.8, 4) is 0 Å². The highest BCUT2D eigenvalue weighted by atomic mass is 16.5. The van der Waals surface area contributed by atoms with Crippen LogP contribution in [-0.4, -0.2) is 47.0 Å². The number of hydrogen-bond acceptors (Lipinski definition) is 5. The Balaban J connectivity index is 1.53. The summed E-state index contributed by atoms with van der Waals surface area (Å²) in [5.41, 5.74) is 6.66. The zero-order valence-corrected chi connectivity index (χ0v) is 11.8. The fourth-order valence-electron chi connectivity index (χ4n) is 2.90. The van der Waals surface area contributed by atoms with Crippen molar-refractivity contribution in [2.24, 2.45) is 5.73 Å². The van der Waals surface area contributed by atoms with Gasteiger partial charge in [0, 0.05) is 18.4 Å². The van der Waals surface area contributed by atoms with Crippen molar-refractivity contribution >= 4 is 11.8 Å². The Labute approximate surface area is 123 Å². The third-order valence-electron chi connectivity index (χ3n) is 4.16. The highest BCUT2D eigenvalue weighted by Gasteiger charge is 2.35. The van der Waals surface area contributed by atoms with Gasteiger partial charge in [0.25, 0.3) is 11.8 Å². The first-order chi connectivity index (χ1) is 10.2. The third-order valence-corrected chi connectivity index (χ3v) is 4.16. The van der Waals surface area contributed by atoms with E-state index < -0.39 is 0 Å². The summed E-state index contributed by atoms with van der Waals surface area (Å²) < 4.78 is 5.77. The van der Waals surface area contributed by atoms with Crippen molar-refractivity contribution in [3.05, 3.63) is 29.6 Å². The van der Waals surface area contributed by atoms with Crippen LogP contribution in [0.2, 0.25) is 0 Å². The molecule has 112 valence electrons. The number of rotatable bonds is 4. The standard InChI is InChI=1S/C15H19N3O3/c16-10-1-3-11(4-2-10)21-8-7-18-14(19)12-5-6-17-9-13(12)15(18)20/h5-6,9-11H,1-4,7-8,16H2. The number of hydrogen-bond donors (Lipinski definition) is 1. The van der Waals surface area contributed by atoms with Gasteiger partial charge < -0.3 is 10.5 Å². The first kappa shape index (κ1) is 14.2. The Morgan fingerprint density at radius 1 is 1.19 bits per heavy atom. The molecule has 0 atom stereocenters. The summed E-state index contributed by atoms with van der Waals surface area (Å²) in [5, 5.41) is 0. The van der Waals surface area contributed by atoms with Crippen LogP contribution in [0.25, 0.3) is 0 Å². The lowest BCUT2D eigenvalue weighted by atomic mass is 9.94. The largest absolute Gasteiger partial charge is 0.376 e. The third kappa shape index (κ3) is 2.82. The maximum Gasteiger partial charge on any atom is 0.263 e. The molecule has 1 aromatic rings. The SMILES string of the molecule is NC1CCC(OCCN2C(=O)c3ccncc3C2=O)CC1. The van der Waals surface area contributed by atoms with Crippen molar-refractivity contribution in [1.29, 1.82) is 0 Å². The molecule has 2 amide bonds. The van der Waals surface area contributed by atoms with Crippen LogP contribution < -0.4 is 5.73 Å². The zero-order valence-electron chi connectivity index (χ0n) is 11.8. The molecule has 6 heteroatoms. The predicted molar refractivity (Wildman–Crippen MR) is 75.8 cm³/mol. The number of nitrogens with two attached hydrogens (primary N) is 1. The number of amides is 2. The van der Waals surface area contributed by atoms with Crippen LogP contribution >= 0.6 is 0 Å². The van der Waals surface area contributed by atoms with E-state index in [1.807, 2.05) is 0 Å². The molecule has 0 aromatic carbocycles. The summed E-state index contributed by atoms with van der Waals surface area (Å²) in [6, 6.07) is 1.87. The van der Waals surface area contributed by atoms with E-state index in [4.69, 9.17) is 10.5 Å². The van der Waals surface area contributed by atoms with Gasteiger partial charge in [-0.15, -0.1) is 0 Å².